The third-order valence-corrected chi connectivity index (χ3v) is 22.9. The Bertz CT molecular complexity index is 1850. The average Bonchev–Trinajstić information content (AvgIpc) is 3.27. The van der Waals surface area contributed by atoms with E-state index in [1.165, 1.54) is 21.5 Å². The Kier molecular flexibility index (Phi) is 20.6. The third-order valence-electron chi connectivity index (χ3n) is 14.2. The molecule has 0 radical (unpaired) electrons. The number of ether oxygens (including phenoxy) is 4. The van der Waals surface area contributed by atoms with Gasteiger partial charge in [-0.25, -0.2) is 0 Å². The molecule has 0 aliphatic rings. The van der Waals surface area contributed by atoms with Crippen molar-refractivity contribution in [2.75, 3.05) is 27.2 Å². The van der Waals surface area contributed by atoms with Crippen molar-refractivity contribution in [1.82, 2.24) is 0 Å². The summed E-state index contributed by atoms with van der Waals surface area (Å²) in [6, 6.07) is 41.8. The second-order valence-corrected chi connectivity index (χ2v) is 28.2. The van der Waals surface area contributed by atoms with Crippen LogP contribution in [0.5, 0.6) is 5.75 Å². The van der Waals surface area contributed by atoms with Gasteiger partial charge >= 0.3 is 282 Å². The number of hydrogen-bond acceptors (Lipinski definition) is 5. The fraction of sp³-hybridized carbons (Fsp3) is 0.500. The molecule has 1 N–H and O–H groups in total. The van der Waals surface area contributed by atoms with Crippen molar-refractivity contribution in [3.05, 3.63) is 145 Å². The molecule has 4 aromatic rings. The van der Waals surface area contributed by atoms with Crippen molar-refractivity contribution in [2.45, 2.75) is 119 Å². The first-order valence-electron chi connectivity index (χ1n) is 23.6. The molecule has 0 aliphatic carbocycles. The van der Waals surface area contributed by atoms with E-state index in [0.29, 0.717) is 18.4 Å². The Morgan fingerprint density at radius 2 is 1.24 bits per heavy atom. The molecule has 0 aliphatic heterocycles. The molecule has 2 unspecified atom stereocenters. The van der Waals surface area contributed by atoms with Crippen LogP contribution in [0.15, 0.2) is 139 Å². The summed E-state index contributed by atoms with van der Waals surface area (Å²) in [5.41, 5.74) is 2.51. The topological polar surface area (TPSA) is 57.2 Å². The molecule has 346 valence electrons. The maximum absolute atomic E-state index is 11.7. The first kappa shape index (κ1) is 52.3. The van der Waals surface area contributed by atoms with Gasteiger partial charge in [-0.15, -0.1) is 0 Å². The molecule has 0 fully saturated rings. The normalized spacial score (nSPS) is 17.1. The van der Waals surface area contributed by atoms with Gasteiger partial charge in [0.25, 0.3) is 0 Å². The monoisotopic (exact) mass is 895 g/mol. The average molecular weight is 895 g/mol. The van der Waals surface area contributed by atoms with Crippen LogP contribution in [0.25, 0.3) is 0 Å². The Morgan fingerprint density at radius 1 is 0.714 bits per heavy atom. The van der Waals surface area contributed by atoms with Crippen molar-refractivity contribution >= 4 is 31.5 Å². The van der Waals surface area contributed by atoms with Gasteiger partial charge in [0.2, 0.25) is 0 Å². The molecular weight excluding hydrogens is 812 g/mol. The van der Waals surface area contributed by atoms with Gasteiger partial charge in [0.1, 0.15) is 5.75 Å². The van der Waals surface area contributed by atoms with Crippen LogP contribution < -0.4 is 20.7 Å². The predicted octanol–water partition coefficient (Wildman–Crippen LogP) is 12.8. The quantitative estimate of drug-likeness (QED) is 0.0295. The molecule has 4 rings (SSSR count). The Morgan fingerprint density at radius 3 is 1.70 bits per heavy atom. The maximum atomic E-state index is 11.7. The molecular formula is C56H83O5PSi. The molecule has 4 aromatic carbocycles. The zero-order chi connectivity index (χ0) is 46.2. The van der Waals surface area contributed by atoms with E-state index in [1.807, 2.05) is 12.1 Å². The molecule has 7 heteroatoms. The molecule has 0 saturated heterocycles. The van der Waals surface area contributed by atoms with Crippen LogP contribution in [0, 0.1) is 35.5 Å². The summed E-state index contributed by atoms with van der Waals surface area (Å²) < 4.78 is 24.7. The van der Waals surface area contributed by atoms with Gasteiger partial charge < -0.3 is 9.53 Å². The second kappa shape index (κ2) is 24.8. The standard InChI is InChI=1S/C56H83O5PSi/c1-14-15-25-43(3)55(60-39-48-32-34-49(59-11)35-33-48)47(7)53(38-56(8,9)63(12,13)57)44(4)36-42(2)37-45(5)54(61-41-58-10)46(6)40-62(50-26-19-16-20-27-50,51-28-21-17-22-29-51)52-30-23-18-24-31-52/h15-35,37,43-47,53-55,57,62H,14,36,38-41H2,1-13H3/b25-15-,42-37-/t43?,44-,45-,46?,47-,53+,54+,55-/m0/s1. The molecule has 5 nitrogen and oxygen atoms in total. The van der Waals surface area contributed by atoms with Gasteiger partial charge in [0.05, 0.1) is 13.7 Å². The summed E-state index contributed by atoms with van der Waals surface area (Å²) in [5, 5.41) is 4.05. The summed E-state index contributed by atoms with van der Waals surface area (Å²) in [4.78, 5) is 11.7. The van der Waals surface area contributed by atoms with E-state index < -0.39 is 15.6 Å². The van der Waals surface area contributed by atoms with Gasteiger partial charge in [-0.05, 0) is 37.2 Å². The van der Waals surface area contributed by atoms with Crippen LogP contribution in [0.2, 0.25) is 18.1 Å². The van der Waals surface area contributed by atoms with Crippen molar-refractivity contribution in [1.29, 1.82) is 0 Å². The van der Waals surface area contributed by atoms with E-state index in [1.54, 1.807) is 14.2 Å². The van der Waals surface area contributed by atoms with E-state index in [2.05, 4.69) is 197 Å². The van der Waals surface area contributed by atoms with E-state index in [4.69, 9.17) is 18.9 Å². The van der Waals surface area contributed by atoms with Crippen LogP contribution >= 0.6 is 7.26 Å². The van der Waals surface area contributed by atoms with Gasteiger partial charge in [0, 0.05) is 0 Å². The zero-order valence-electron chi connectivity index (χ0n) is 41.1. The predicted molar refractivity (Wildman–Crippen MR) is 275 cm³/mol. The van der Waals surface area contributed by atoms with E-state index in [-0.39, 0.29) is 47.7 Å². The van der Waals surface area contributed by atoms with Gasteiger partial charge in [-0.1, -0.05) is 38.1 Å². The first-order chi connectivity index (χ1) is 30.0. The van der Waals surface area contributed by atoms with Crippen LogP contribution in [0.4, 0.5) is 0 Å². The minimum absolute atomic E-state index is 0.000726. The number of rotatable bonds is 26. The SMILES string of the molecule is CC/C=C\C(C)[C@H](OCc1ccc(OC)cc1)[C@@H](C)[C@H](CC(C)(C)[Si](C)(C)O)[C@@H](C)C/C(C)=C\[C@H](C)[C@@H](OCOC)C(C)C[PH](c1ccccc1)(c1ccccc1)c1ccccc1. The van der Waals surface area contributed by atoms with Gasteiger partial charge in [-0.3, -0.25) is 0 Å². The minimum atomic E-state index is -2.51. The van der Waals surface area contributed by atoms with Gasteiger partial charge in [-0.2, -0.15) is 0 Å². The van der Waals surface area contributed by atoms with Crippen molar-refractivity contribution in [3.63, 3.8) is 0 Å². The number of benzene rings is 4. The van der Waals surface area contributed by atoms with E-state index in [0.717, 1.165) is 36.7 Å². The van der Waals surface area contributed by atoms with E-state index >= 15 is 0 Å². The zero-order valence-corrected chi connectivity index (χ0v) is 43.1. The molecule has 0 spiro atoms. The number of allylic oxidation sites excluding steroid dienone is 2. The summed E-state index contributed by atoms with van der Waals surface area (Å²) in [5.74, 6) is 2.33. The fourth-order valence-electron chi connectivity index (χ4n) is 10.0. The molecule has 0 heterocycles. The summed E-state index contributed by atoms with van der Waals surface area (Å²) >= 11 is 0. The summed E-state index contributed by atoms with van der Waals surface area (Å²) in [7, 11) is -1.60. The molecule has 0 amide bonds. The van der Waals surface area contributed by atoms with Crippen LogP contribution in [-0.4, -0.2) is 52.5 Å². The molecule has 0 saturated carbocycles. The van der Waals surface area contributed by atoms with Crippen LogP contribution in [0.1, 0.15) is 87.1 Å². The number of hydrogen-bond donors (Lipinski definition) is 1. The summed E-state index contributed by atoms with van der Waals surface area (Å²) in [6.07, 6.45) is 10.9. The third kappa shape index (κ3) is 14.3. The molecule has 8 atom stereocenters. The first-order valence-corrected chi connectivity index (χ1v) is 28.7. The molecule has 0 aromatic heterocycles. The van der Waals surface area contributed by atoms with E-state index in [9.17, 15) is 4.80 Å². The molecule has 63 heavy (non-hydrogen) atoms. The number of methoxy groups -OCH3 is 2. The van der Waals surface area contributed by atoms with Crippen LogP contribution in [-0.2, 0) is 20.8 Å². The van der Waals surface area contributed by atoms with Crippen molar-refractivity contribution in [3.8, 4) is 5.75 Å². The Hall–Kier alpha value is -3.35. The fourth-order valence-corrected chi connectivity index (χ4v) is 15.9. The summed E-state index contributed by atoms with van der Waals surface area (Å²) in [6.45, 7) is 25.9. The van der Waals surface area contributed by atoms with Crippen LogP contribution in [0.3, 0.4) is 0 Å². The van der Waals surface area contributed by atoms with Crippen molar-refractivity contribution < 1.29 is 23.7 Å². The Balaban J connectivity index is 1.69. The van der Waals surface area contributed by atoms with Crippen molar-refractivity contribution in [2.24, 2.45) is 35.5 Å². The molecule has 0 bridgehead atoms. The Labute approximate surface area is 385 Å². The second-order valence-electron chi connectivity index (χ2n) is 19.8. The van der Waals surface area contributed by atoms with Gasteiger partial charge in [0.15, 0.2) is 0 Å².